The fourth-order valence-electron chi connectivity index (χ4n) is 1.43. The summed E-state index contributed by atoms with van der Waals surface area (Å²) >= 11 is 5.59. The molecule has 0 bridgehead atoms. The Morgan fingerprint density at radius 1 is 1.32 bits per heavy atom. The molecule has 1 atom stereocenters. The Morgan fingerprint density at radius 3 is 2.45 bits per heavy atom. The molecule has 2 aromatic rings. The van der Waals surface area contributed by atoms with Gasteiger partial charge in [-0.3, -0.25) is 0 Å². The van der Waals surface area contributed by atoms with E-state index >= 15 is 0 Å². The van der Waals surface area contributed by atoms with Crippen molar-refractivity contribution in [2.24, 2.45) is 0 Å². The topological polar surface area (TPSA) is 68.7 Å². The van der Waals surface area contributed by atoms with Crippen LogP contribution in [-0.2, 0) is 4.79 Å². The lowest BCUT2D eigenvalue weighted by Gasteiger charge is -2.11. The highest BCUT2D eigenvalue weighted by Crippen LogP contribution is 2.26. The number of carboxylic acid groups (broad SMARTS) is 1. The molecule has 0 aliphatic carbocycles. The van der Waals surface area contributed by atoms with Gasteiger partial charge in [0.2, 0.25) is 0 Å². The van der Waals surface area contributed by atoms with Gasteiger partial charge in [-0.15, -0.1) is 0 Å². The molecule has 0 aliphatic heterocycles. The number of ether oxygens (including phenoxy) is 2. The molecular formula is C15H15ClFNO4. The van der Waals surface area contributed by atoms with E-state index in [1.165, 1.54) is 37.4 Å². The van der Waals surface area contributed by atoms with Crippen LogP contribution in [0.4, 0.5) is 4.39 Å². The molecule has 1 N–H and O–H groups in total. The minimum Gasteiger partial charge on any atom is -0.479 e. The van der Waals surface area contributed by atoms with Crippen LogP contribution in [0.25, 0.3) is 0 Å². The van der Waals surface area contributed by atoms with Crippen LogP contribution >= 0.6 is 11.6 Å². The molecule has 5 nitrogen and oxygen atoms in total. The van der Waals surface area contributed by atoms with E-state index in [1.54, 1.807) is 0 Å². The molecule has 0 amide bonds. The van der Waals surface area contributed by atoms with E-state index in [1.807, 2.05) is 0 Å². The molecule has 2 rings (SSSR count). The number of rotatable bonds is 5. The summed E-state index contributed by atoms with van der Waals surface area (Å²) in [5.41, 5.74) is 0. The summed E-state index contributed by atoms with van der Waals surface area (Å²) in [5.74, 6) is -1.25. The summed E-state index contributed by atoms with van der Waals surface area (Å²) in [4.78, 5) is 14.4. The molecule has 1 aromatic heterocycles. The summed E-state index contributed by atoms with van der Waals surface area (Å²) in [5, 5.41) is 8.91. The monoisotopic (exact) mass is 327 g/mol. The van der Waals surface area contributed by atoms with Crippen molar-refractivity contribution in [2.75, 3.05) is 0 Å². The fourth-order valence-corrected chi connectivity index (χ4v) is 1.57. The van der Waals surface area contributed by atoms with Gasteiger partial charge in [0.25, 0.3) is 5.88 Å². The molecule has 0 saturated heterocycles. The number of hydrogen-bond donors (Lipinski definition) is 1. The first-order valence-corrected chi connectivity index (χ1v) is 6.32. The average Bonchev–Trinajstić information content (AvgIpc) is 2.43. The molecule has 22 heavy (non-hydrogen) atoms. The van der Waals surface area contributed by atoms with Crippen molar-refractivity contribution in [3.8, 4) is 17.4 Å². The van der Waals surface area contributed by atoms with E-state index < -0.39 is 17.9 Å². The van der Waals surface area contributed by atoms with Gasteiger partial charge in [-0.05, 0) is 37.3 Å². The van der Waals surface area contributed by atoms with Crippen molar-refractivity contribution in [1.82, 2.24) is 4.98 Å². The molecule has 0 fully saturated rings. The second-order valence-electron chi connectivity index (χ2n) is 4.11. The molecule has 0 unspecified atom stereocenters. The summed E-state index contributed by atoms with van der Waals surface area (Å²) in [6, 6.07) is 7.15. The van der Waals surface area contributed by atoms with Gasteiger partial charge in [0.05, 0.1) is 5.02 Å². The van der Waals surface area contributed by atoms with Gasteiger partial charge < -0.3 is 14.6 Å². The fraction of sp³-hybridized carbons (Fsp3) is 0.200. The van der Waals surface area contributed by atoms with Crippen LogP contribution in [0.5, 0.6) is 17.4 Å². The van der Waals surface area contributed by atoms with Gasteiger partial charge in [0, 0.05) is 6.20 Å². The first kappa shape index (κ1) is 17.7. The zero-order valence-corrected chi connectivity index (χ0v) is 11.7. The maximum atomic E-state index is 13.5. The van der Waals surface area contributed by atoms with Crippen LogP contribution < -0.4 is 9.47 Å². The number of aromatic nitrogens is 1. The standard InChI is InChI=1S/C14H11ClFNO4.CH4/c1-8(14(18)19)20-10-2-4-11(5-3-10)21-13-12(16)6-9(15)7-17-13;/h2-8H,1H3,(H,18,19);1H4/t8-;/m0./s1. The smallest absolute Gasteiger partial charge is 0.344 e. The number of carbonyl (C=O) groups is 1. The minimum atomic E-state index is -1.07. The Kier molecular flexibility index (Phi) is 6.12. The van der Waals surface area contributed by atoms with Crippen molar-refractivity contribution in [3.63, 3.8) is 0 Å². The van der Waals surface area contributed by atoms with Gasteiger partial charge in [0.1, 0.15) is 11.5 Å². The van der Waals surface area contributed by atoms with E-state index in [2.05, 4.69) is 4.98 Å². The quantitative estimate of drug-likeness (QED) is 0.893. The van der Waals surface area contributed by atoms with Crippen LogP contribution in [0.2, 0.25) is 5.02 Å². The number of carboxylic acids is 1. The van der Waals surface area contributed by atoms with E-state index in [-0.39, 0.29) is 18.3 Å². The summed E-state index contributed by atoms with van der Waals surface area (Å²) in [6.45, 7) is 1.42. The van der Waals surface area contributed by atoms with Gasteiger partial charge in [-0.2, -0.15) is 0 Å². The van der Waals surface area contributed by atoms with E-state index in [0.29, 0.717) is 11.5 Å². The third-order valence-corrected chi connectivity index (χ3v) is 2.68. The average molecular weight is 328 g/mol. The maximum absolute atomic E-state index is 13.5. The second kappa shape index (κ2) is 7.61. The molecular weight excluding hydrogens is 313 g/mol. The highest BCUT2D eigenvalue weighted by molar-refractivity contribution is 6.30. The molecule has 0 radical (unpaired) electrons. The van der Waals surface area contributed by atoms with Crippen LogP contribution in [0.1, 0.15) is 14.4 Å². The molecule has 1 heterocycles. The lowest BCUT2D eigenvalue weighted by atomic mass is 10.3. The Labute approximate surface area is 132 Å². The highest BCUT2D eigenvalue weighted by atomic mass is 35.5. The predicted octanol–water partition coefficient (Wildman–Crippen LogP) is 4.15. The van der Waals surface area contributed by atoms with Crippen LogP contribution in [0, 0.1) is 5.82 Å². The Balaban J connectivity index is 0.00000242. The summed E-state index contributed by atoms with van der Waals surface area (Å²) < 4.78 is 23.9. The first-order chi connectivity index (χ1) is 9.95. The van der Waals surface area contributed by atoms with Gasteiger partial charge in [0.15, 0.2) is 11.9 Å². The Bertz CT molecular complexity index is 648. The minimum absolute atomic E-state index is 0. The number of pyridine rings is 1. The number of benzene rings is 1. The number of hydrogen-bond acceptors (Lipinski definition) is 4. The molecule has 0 saturated carbocycles. The maximum Gasteiger partial charge on any atom is 0.344 e. The van der Waals surface area contributed by atoms with Crippen molar-refractivity contribution in [1.29, 1.82) is 0 Å². The molecule has 1 aromatic carbocycles. The molecule has 7 heteroatoms. The molecule has 0 spiro atoms. The predicted molar refractivity (Wildman–Crippen MR) is 80.2 cm³/mol. The van der Waals surface area contributed by atoms with Crippen molar-refractivity contribution >= 4 is 17.6 Å². The lowest BCUT2D eigenvalue weighted by molar-refractivity contribution is -0.144. The summed E-state index contributed by atoms with van der Waals surface area (Å²) in [7, 11) is 0. The Hall–Kier alpha value is -2.34. The largest absolute Gasteiger partial charge is 0.479 e. The zero-order chi connectivity index (χ0) is 15.4. The van der Waals surface area contributed by atoms with Crippen LogP contribution in [-0.4, -0.2) is 22.2 Å². The van der Waals surface area contributed by atoms with Crippen molar-refractivity contribution in [2.45, 2.75) is 20.5 Å². The van der Waals surface area contributed by atoms with E-state index in [4.69, 9.17) is 26.2 Å². The first-order valence-electron chi connectivity index (χ1n) is 5.94. The van der Waals surface area contributed by atoms with Gasteiger partial charge in [-0.1, -0.05) is 19.0 Å². The van der Waals surface area contributed by atoms with Crippen LogP contribution in [0.3, 0.4) is 0 Å². The third kappa shape index (κ3) is 4.60. The molecule has 118 valence electrons. The highest BCUT2D eigenvalue weighted by Gasteiger charge is 2.12. The van der Waals surface area contributed by atoms with Crippen LogP contribution in [0.15, 0.2) is 36.5 Å². The number of aliphatic carboxylic acids is 1. The van der Waals surface area contributed by atoms with Crippen molar-refractivity contribution < 1.29 is 23.8 Å². The van der Waals surface area contributed by atoms with E-state index in [0.717, 1.165) is 6.07 Å². The SMILES string of the molecule is C.C[C@H](Oc1ccc(Oc2ncc(Cl)cc2F)cc1)C(=O)O. The lowest BCUT2D eigenvalue weighted by Crippen LogP contribution is -2.22. The van der Waals surface area contributed by atoms with E-state index in [9.17, 15) is 9.18 Å². The summed E-state index contributed by atoms with van der Waals surface area (Å²) in [6.07, 6.45) is 0.304. The number of nitrogens with zero attached hydrogens (tertiary/aromatic N) is 1. The van der Waals surface area contributed by atoms with Gasteiger partial charge in [-0.25, -0.2) is 14.2 Å². The third-order valence-electron chi connectivity index (χ3n) is 2.47. The Morgan fingerprint density at radius 2 is 1.91 bits per heavy atom. The van der Waals surface area contributed by atoms with Gasteiger partial charge >= 0.3 is 5.97 Å². The normalized spacial score (nSPS) is 11.2. The second-order valence-corrected chi connectivity index (χ2v) is 4.55. The zero-order valence-electron chi connectivity index (χ0n) is 10.9. The number of halogens is 2. The van der Waals surface area contributed by atoms with Crippen molar-refractivity contribution in [3.05, 3.63) is 47.4 Å². The molecule has 0 aliphatic rings.